The SMILES string of the molecule is CC(C)c1nn(C2CCCC2)cc1C=O. The molecule has 1 aromatic heterocycles. The van der Waals surface area contributed by atoms with E-state index >= 15 is 0 Å². The Kier molecular flexibility index (Phi) is 2.89. The van der Waals surface area contributed by atoms with E-state index in [9.17, 15) is 4.79 Å². The first-order valence-electron chi connectivity index (χ1n) is 5.76. The Morgan fingerprint density at radius 3 is 2.60 bits per heavy atom. The first kappa shape index (κ1) is 10.4. The van der Waals surface area contributed by atoms with Crippen LogP contribution in [0.2, 0.25) is 0 Å². The molecular weight excluding hydrogens is 188 g/mol. The standard InChI is InChI=1S/C12H18N2O/c1-9(2)12-10(8-15)7-14(13-12)11-5-3-4-6-11/h7-9,11H,3-6H2,1-2H3. The molecule has 1 aromatic rings. The molecule has 82 valence electrons. The molecule has 3 nitrogen and oxygen atoms in total. The summed E-state index contributed by atoms with van der Waals surface area (Å²) in [4.78, 5) is 10.9. The second-order valence-corrected chi connectivity index (χ2v) is 4.66. The molecule has 0 aromatic carbocycles. The summed E-state index contributed by atoms with van der Waals surface area (Å²) in [5.74, 6) is 0.327. The smallest absolute Gasteiger partial charge is 0.153 e. The molecule has 0 atom stereocenters. The van der Waals surface area contributed by atoms with Crippen LogP contribution in [0, 0.1) is 0 Å². The summed E-state index contributed by atoms with van der Waals surface area (Å²) < 4.78 is 2.01. The zero-order valence-corrected chi connectivity index (χ0v) is 9.44. The van der Waals surface area contributed by atoms with E-state index in [2.05, 4.69) is 18.9 Å². The summed E-state index contributed by atoms with van der Waals surface area (Å²) in [5.41, 5.74) is 1.70. The lowest BCUT2D eigenvalue weighted by atomic mass is 10.1. The maximum Gasteiger partial charge on any atom is 0.153 e. The number of hydrogen-bond donors (Lipinski definition) is 0. The molecule has 2 rings (SSSR count). The van der Waals surface area contributed by atoms with Gasteiger partial charge in [0.1, 0.15) is 0 Å². The minimum absolute atomic E-state index is 0.327. The van der Waals surface area contributed by atoms with E-state index in [0.717, 1.165) is 17.5 Å². The lowest BCUT2D eigenvalue weighted by Gasteiger charge is -2.09. The van der Waals surface area contributed by atoms with Gasteiger partial charge < -0.3 is 0 Å². The van der Waals surface area contributed by atoms with Gasteiger partial charge in [-0.15, -0.1) is 0 Å². The van der Waals surface area contributed by atoms with Crippen molar-refractivity contribution in [2.45, 2.75) is 51.5 Å². The fraction of sp³-hybridized carbons (Fsp3) is 0.667. The Labute approximate surface area is 90.5 Å². The van der Waals surface area contributed by atoms with E-state index in [1.807, 2.05) is 10.9 Å². The predicted octanol–water partition coefficient (Wildman–Crippen LogP) is 2.93. The average molecular weight is 206 g/mol. The van der Waals surface area contributed by atoms with Crippen LogP contribution >= 0.6 is 0 Å². The van der Waals surface area contributed by atoms with Crippen molar-refractivity contribution in [3.63, 3.8) is 0 Å². The topological polar surface area (TPSA) is 34.9 Å². The van der Waals surface area contributed by atoms with E-state index in [-0.39, 0.29) is 0 Å². The van der Waals surface area contributed by atoms with Gasteiger partial charge in [-0.25, -0.2) is 0 Å². The molecule has 1 fully saturated rings. The monoisotopic (exact) mass is 206 g/mol. The maximum absolute atomic E-state index is 10.9. The number of hydrogen-bond acceptors (Lipinski definition) is 2. The molecule has 0 unspecified atom stereocenters. The minimum atomic E-state index is 0.327. The van der Waals surface area contributed by atoms with Gasteiger partial charge in [-0.3, -0.25) is 9.48 Å². The quantitative estimate of drug-likeness (QED) is 0.713. The highest BCUT2D eigenvalue weighted by molar-refractivity contribution is 5.76. The van der Waals surface area contributed by atoms with Crippen LogP contribution in [0.5, 0.6) is 0 Å². The van der Waals surface area contributed by atoms with Crippen molar-refractivity contribution in [3.8, 4) is 0 Å². The molecule has 0 radical (unpaired) electrons. The normalized spacial score (nSPS) is 17.5. The van der Waals surface area contributed by atoms with Gasteiger partial charge in [0.05, 0.1) is 17.3 Å². The number of carbonyl (C=O) groups is 1. The molecule has 0 bridgehead atoms. The Hall–Kier alpha value is -1.12. The van der Waals surface area contributed by atoms with Gasteiger partial charge in [-0.1, -0.05) is 26.7 Å². The van der Waals surface area contributed by atoms with Gasteiger partial charge in [0.25, 0.3) is 0 Å². The minimum Gasteiger partial charge on any atom is -0.298 e. The third-order valence-corrected chi connectivity index (χ3v) is 3.16. The Bertz CT molecular complexity index is 349. The Morgan fingerprint density at radius 1 is 1.47 bits per heavy atom. The highest BCUT2D eigenvalue weighted by Gasteiger charge is 2.20. The van der Waals surface area contributed by atoms with E-state index in [0.29, 0.717) is 12.0 Å². The summed E-state index contributed by atoms with van der Waals surface area (Å²) in [7, 11) is 0. The molecule has 1 heterocycles. The first-order chi connectivity index (χ1) is 7.22. The van der Waals surface area contributed by atoms with E-state index in [1.165, 1.54) is 25.7 Å². The summed E-state index contributed by atoms with van der Waals surface area (Å²) in [5, 5.41) is 4.55. The summed E-state index contributed by atoms with van der Waals surface area (Å²) in [6.07, 6.45) is 7.83. The Balaban J connectivity index is 2.29. The number of nitrogens with zero attached hydrogens (tertiary/aromatic N) is 2. The van der Waals surface area contributed by atoms with Crippen LogP contribution in [0.1, 0.15) is 67.5 Å². The molecule has 0 saturated heterocycles. The van der Waals surface area contributed by atoms with Gasteiger partial charge in [0, 0.05) is 6.20 Å². The molecule has 3 heteroatoms. The molecule has 0 N–H and O–H groups in total. The van der Waals surface area contributed by atoms with Crippen molar-refractivity contribution >= 4 is 6.29 Å². The van der Waals surface area contributed by atoms with Crippen molar-refractivity contribution in [2.24, 2.45) is 0 Å². The number of rotatable bonds is 3. The maximum atomic E-state index is 10.9. The van der Waals surface area contributed by atoms with Crippen LogP contribution in [0.25, 0.3) is 0 Å². The summed E-state index contributed by atoms with van der Waals surface area (Å²) >= 11 is 0. The lowest BCUT2D eigenvalue weighted by molar-refractivity contribution is 0.112. The molecule has 1 aliphatic rings. The van der Waals surface area contributed by atoms with Crippen molar-refractivity contribution in [1.82, 2.24) is 9.78 Å². The second-order valence-electron chi connectivity index (χ2n) is 4.66. The fourth-order valence-electron chi connectivity index (χ4n) is 2.32. The molecule has 0 spiro atoms. The van der Waals surface area contributed by atoms with Crippen LogP contribution in [-0.2, 0) is 0 Å². The second kappa shape index (κ2) is 4.17. The largest absolute Gasteiger partial charge is 0.298 e. The van der Waals surface area contributed by atoms with Crippen molar-refractivity contribution in [2.75, 3.05) is 0 Å². The van der Waals surface area contributed by atoms with Gasteiger partial charge in [0.15, 0.2) is 6.29 Å². The Morgan fingerprint density at radius 2 is 2.13 bits per heavy atom. The molecule has 0 amide bonds. The van der Waals surface area contributed by atoms with Gasteiger partial charge in [-0.05, 0) is 18.8 Å². The third kappa shape index (κ3) is 1.96. The van der Waals surface area contributed by atoms with E-state index in [4.69, 9.17) is 0 Å². The number of aromatic nitrogens is 2. The van der Waals surface area contributed by atoms with Crippen molar-refractivity contribution < 1.29 is 4.79 Å². The lowest BCUT2D eigenvalue weighted by Crippen LogP contribution is -2.05. The van der Waals surface area contributed by atoms with E-state index in [1.54, 1.807) is 0 Å². The van der Waals surface area contributed by atoms with Crippen LogP contribution < -0.4 is 0 Å². The van der Waals surface area contributed by atoms with Crippen molar-refractivity contribution in [1.29, 1.82) is 0 Å². The van der Waals surface area contributed by atoms with Crippen LogP contribution in [0.3, 0.4) is 0 Å². The summed E-state index contributed by atoms with van der Waals surface area (Å²) in [6, 6.07) is 0.524. The van der Waals surface area contributed by atoms with Gasteiger partial charge in [0.2, 0.25) is 0 Å². The van der Waals surface area contributed by atoms with Crippen LogP contribution in [0.15, 0.2) is 6.20 Å². The van der Waals surface area contributed by atoms with Crippen molar-refractivity contribution in [3.05, 3.63) is 17.5 Å². The molecule has 15 heavy (non-hydrogen) atoms. The van der Waals surface area contributed by atoms with Crippen LogP contribution in [-0.4, -0.2) is 16.1 Å². The van der Waals surface area contributed by atoms with Gasteiger partial charge in [-0.2, -0.15) is 5.10 Å². The predicted molar refractivity (Wildman–Crippen MR) is 59.2 cm³/mol. The zero-order valence-electron chi connectivity index (χ0n) is 9.44. The molecule has 1 aliphatic carbocycles. The zero-order chi connectivity index (χ0) is 10.8. The molecular formula is C12H18N2O. The average Bonchev–Trinajstić information content (AvgIpc) is 2.86. The van der Waals surface area contributed by atoms with E-state index < -0.39 is 0 Å². The third-order valence-electron chi connectivity index (χ3n) is 3.16. The summed E-state index contributed by atoms with van der Waals surface area (Å²) in [6.45, 7) is 4.16. The van der Waals surface area contributed by atoms with Crippen LogP contribution in [0.4, 0.5) is 0 Å². The van der Waals surface area contributed by atoms with Gasteiger partial charge >= 0.3 is 0 Å². The molecule has 1 saturated carbocycles. The number of carbonyl (C=O) groups excluding carboxylic acids is 1. The fourth-order valence-corrected chi connectivity index (χ4v) is 2.32. The highest BCUT2D eigenvalue weighted by atomic mass is 16.1. The first-order valence-corrected chi connectivity index (χ1v) is 5.76. The number of aldehydes is 1. The highest BCUT2D eigenvalue weighted by Crippen LogP contribution is 2.30. The molecule has 0 aliphatic heterocycles.